The van der Waals surface area contributed by atoms with Crippen molar-refractivity contribution >= 4 is 11.6 Å². The van der Waals surface area contributed by atoms with Gasteiger partial charge in [-0.15, -0.1) is 0 Å². The lowest BCUT2D eigenvalue weighted by atomic mass is 9.79. The van der Waals surface area contributed by atoms with Gasteiger partial charge in [0.25, 0.3) is 5.91 Å². The highest BCUT2D eigenvalue weighted by Gasteiger charge is 2.32. The number of carbonyl (C=O) groups excluding carboxylic acids is 1. The van der Waals surface area contributed by atoms with Crippen LogP contribution in [0.5, 0.6) is 5.75 Å². The minimum Gasteiger partial charge on any atom is -0.495 e. The molecule has 0 aliphatic heterocycles. The average molecular weight is 292 g/mol. The van der Waals surface area contributed by atoms with Gasteiger partial charge in [0.1, 0.15) is 5.75 Å². The van der Waals surface area contributed by atoms with E-state index in [1.54, 1.807) is 18.2 Å². The Morgan fingerprint density at radius 3 is 2.76 bits per heavy atom. The van der Waals surface area contributed by atoms with E-state index in [0.29, 0.717) is 22.9 Å². The molecule has 1 aliphatic rings. The zero-order chi connectivity index (χ0) is 15.5. The second kappa shape index (κ2) is 6.35. The molecule has 0 heterocycles. The minimum absolute atomic E-state index is 0.259. The highest BCUT2D eigenvalue weighted by Crippen LogP contribution is 2.31. The van der Waals surface area contributed by atoms with E-state index in [1.807, 2.05) is 0 Å². The summed E-state index contributed by atoms with van der Waals surface area (Å²) in [5, 5.41) is 13.3. The lowest BCUT2D eigenvalue weighted by molar-refractivity contribution is -0.00539. The summed E-state index contributed by atoms with van der Waals surface area (Å²) in [4.78, 5) is 12.2. The van der Waals surface area contributed by atoms with Gasteiger partial charge in [-0.2, -0.15) is 0 Å². The number of hydrogen-bond donors (Lipinski definition) is 3. The summed E-state index contributed by atoms with van der Waals surface area (Å²) in [6.07, 6.45) is 3.44. The molecule has 0 radical (unpaired) electrons. The molecule has 5 heteroatoms. The van der Waals surface area contributed by atoms with Gasteiger partial charge in [-0.25, -0.2) is 0 Å². The number of nitrogen functional groups attached to an aromatic ring is 1. The molecule has 21 heavy (non-hydrogen) atoms. The van der Waals surface area contributed by atoms with Crippen LogP contribution in [0, 0.1) is 5.92 Å². The lowest BCUT2D eigenvalue weighted by Gasteiger charge is -2.35. The smallest absolute Gasteiger partial charge is 0.253 e. The maximum atomic E-state index is 12.2. The monoisotopic (exact) mass is 292 g/mol. The number of ether oxygens (including phenoxy) is 1. The topological polar surface area (TPSA) is 84.6 Å². The molecule has 1 saturated carbocycles. The number of anilines is 1. The Bertz CT molecular complexity index is 508. The van der Waals surface area contributed by atoms with Crippen molar-refractivity contribution in [3.63, 3.8) is 0 Å². The van der Waals surface area contributed by atoms with E-state index in [2.05, 4.69) is 12.2 Å². The van der Waals surface area contributed by atoms with Crippen LogP contribution in [0.4, 0.5) is 5.69 Å². The molecule has 0 saturated heterocycles. The van der Waals surface area contributed by atoms with E-state index in [4.69, 9.17) is 10.5 Å². The predicted octanol–water partition coefficient (Wildman–Crippen LogP) is 1.95. The SMILES string of the molecule is COc1cccc(C(=O)NCC2(O)CCC(C)CC2)c1N. The molecular weight excluding hydrogens is 268 g/mol. The average Bonchev–Trinajstić information content (AvgIpc) is 2.48. The van der Waals surface area contributed by atoms with Crippen LogP contribution in [0.1, 0.15) is 43.0 Å². The first-order valence-electron chi connectivity index (χ1n) is 7.38. The Balaban J connectivity index is 1.99. The third-order valence-corrected chi connectivity index (χ3v) is 4.31. The quantitative estimate of drug-likeness (QED) is 0.741. The highest BCUT2D eigenvalue weighted by atomic mass is 16.5. The van der Waals surface area contributed by atoms with Crippen molar-refractivity contribution in [2.24, 2.45) is 5.92 Å². The van der Waals surface area contributed by atoms with E-state index in [-0.39, 0.29) is 12.5 Å². The van der Waals surface area contributed by atoms with Gasteiger partial charge < -0.3 is 20.9 Å². The fraction of sp³-hybridized carbons (Fsp3) is 0.562. The van der Waals surface area contributed by atoms with E-state index in [9.17, 15) is 9.90 Å². The van der Waals surface area contributed by atoms with Gasteiger partial charge in [0.2, 0.25) is 0 Å². The predicted molar refractivity (Wildman–Crippen MR) is 82.3 cm³/mol. The summed E-state index contributed by atoms with van der Waals surface area (Å²) in [6.45, 7) is 2.45. The number of methoxy groups -OCH3 is 1. The summed E-state index contributed by atoms with van der Waals surface area (Å²) in [6, 6.07) is 5.09. The highest BCUT2D eigenvalue weighted by molar-refractivity contribution is 6.00. The summed E-state index contributed by atoms with van der Waals surface area (Å²) in [5.74, 6) is 0.848. The Labute approximate surface area is 125 Å². The van der Waals surface area contributed by atoms with Crippen molar-refractivity contribution in [3.8, 4) is 5.75 Å². The van der Waals surface area contributed by atoms with Gasteiger partial charge in [0.15, 0.2) is 0 Å². The minimum atomic E-state index is -0.796. The second-order valence-corrected chi connectivity index (χ2v) is 6.01. The van der Waals surface area contributed by atoms with Crippen molar-refractivity contribution in [1.29, 1.82) is 0 Å². The number of carbonyl (C=O) groups is 1. The molecule has 1 aromatic rings. The molecule has 1 aromatic carbocycles. The van der Waals surface area contributed by atoms with Crippen molar-refractivity contribution in [3.05, 3.63) is 23.8 Å². The molecule has 0 spiro atoms. The van der Waals surface area contributed by atoms with Crippen LogP contribution >= 0.6 is 0 Å². The molecule has 4 N–H and O–H groups in total. The van der Waals surface area contributed by atoms with Crippen molar-refractivity contribution in [2.45, 2.75) is 38.2 Å². The van der Waals surface area contributed by atoms with Crippen LogP contribution in [-0.2, 0) is 0 Å². The van der Waals surface area contributed by atoms with Gasteiger partial charge in [0, 0.05) is 6.54 Å². The van der Waals surface area contributed by atoms with E-state index in [0.717, 1.165) is 25.7 Å². The summed E-state index contributed by atoms with van der Waals surface area (Å²) in [7, 11) is 1.51. The molecule has 1 amide bonds. The molecule has 5 nitrogen and oxygen atoms in total. The molecule has 2 rings (SSSR count). The number of benzene rings is 1. The van der Waals surface area contributed by atoms with Crippen LogP contribution < -0.4 is 15.8 Å². The number of rotatable bonds is 4. The maximum Gasteiger partial charge on any atom is 0.253 e. The van der Waals surface area contributed by atoms with Crippen LogP contribution in [0.25, 0.3) is 0 Å². The zero-order valence-electron chi connectivity index (χ0n) is 12.7. The zero-order valence-corrected chi connectivity index (χ0v) is 12.7. The van der Waals surface area contributed by atoms with E-state index in [1.165, 1.54) is 7.11 Å². The molecule has 0 atom stereocenters. The number of amides is 1. The van der Waals surface area contributed by atoms with Crippen LogP contribution in [0.2, 0.25) is 0 Å². The molecule has 0 unspecified atom stereocenters. The number of nitrogens with two attached hydrogens (primary N) is 1. The molecule has 116 valence electrons. The molecule has 0 aromatic heterocycles. The second-order valence-electron chi connectivity index (χ2n) is 6.01. The third kappa shape index (κ3) is 3.67. The van der Waals surface area contributed by atoms with Gasteiger partial charge in [-0.05, 0) is 43.7 Å². The Hall–Kier alpha value is -1.75. The number of hydrogen-bond acceptors (Lipinski definition) is 4. The van der Waals surface area contributed by atoms with Gasteiger partial charge in [-0.1, -0.05) is 13.0 Å². The standard InChI is InChI=1S/C16H24N2O3/c1-11-6-8-16(20,9-7-11)10-18-15(19)12-4-3-5-13(21-2)14(12)17/h3-5,11,20H,6-10,17H2,1-2H3,(H,18,19). The maximum absolute atomic E-state index is 12.2. The van der Waals surface area contributed by atoms with Crippen LogP contribution in [-0.4, -0.2) is 30.3 Å². The first-order valence-corrected chi connectivity index (χ1v) is 7.38. The van der Waals surface area contributed by atoms with Gasteiger partial charge >= 0.3 is 0 Å². The summed E-state index contributed by atoms with van der Waals surface area (Å²) in [5.41, 5.74) is 5.81. The normalized spacial score (nSPS) is 25.4. The Morgan fingerprint density at radius 1 is 1.48 bits per heavy atom. The van der Waals surface area contributed by atoms with Crippen LogP contribution in [0.15, 0.2) is 18.2 Å². The van der Waals surface area contributed by atoms with E-state index >= 15 is 0 Å². The molecule has 0 bridgehead atoms. The molecular formula is C16H24N2O3. The fourth-order valence-electron chi connectivity index (χ4n) is 2.74. The molecule has 1 aliphatic carbocycles. The van der Waals surface area contributed by atoms with Crippen LogP contribution in [0.3, 0.4) is 0 Å². The van der Waals surface area contributed by atoms with Crippen molar-refractivity contribution < 1.29 is 14.6 Å². The van der Waals surface area contributed by atoms with Crippen molar-refractivity contribution in [1.82, 2.24) is 5.32 Å². The van der Waals surface area contributed by atoms with Gasteiger partial charge in [0.05, 0.1) is 24.0 Å². The Kier molecular flexibility index (Phi) is 4.73. The number of para-hydroxylation sites is 1. The number of aliphatic hydroxyl groups is 1. The van der Waals surface area contributed by atoms with E-state index < -0.39 is 5.60 Å². The largest absolute Gasteiger partial charge is 0.495 e. The first kappa shape index (κ1) is 15.6. The Morgan fingerprint density at radius 2 is 2.14 bits per heavy atom. The van der Waals surface area contributed by atoms with Gasteiger partial charge in [-0.3, -0.25) is 4.79 Å². The van der Waals surface area contributed by atoms with Crippen molar-refractivity contribution in [2.75, 3.05) is 19.4 Å². The fourth-order valence-corrected chi connectivity index (χ4v) is 2.74. The number of nitrogens with one attached hydrogen (secondary N) is 1. The first-order chi connectivity index (χ1) is 9.95. The third-order valence-electron chi connectivity index (χ3n) is 4.31. The molecule has 1 fully saturated rings. The lowest BCUT2D eigenvalue weighted by Crippen LogP contribution is -2.45. The summed E-state index contributed by atoms with van der Waals surface area (Å²) < 4.78 is 5.11. The summed E-state index contributed by atoms with van der Waals surface area (Å²) >= 11 is 0.